The molecule has 3 N–H and O–H groups in total. The van der Waals surface area contributed by atoms with Crippen LogP contribution in [-0.2, 0) is 0 Å². The topological polar surface area (TPSA) is 116 Å². The zero-order chi connectivity index (χ0) is 18.0. The van der Waals surface area contributed by atoms with Crippen molar-refractivity contribution in [2.24, 2.45) is 5.92 Å². The molecule has 0 saturated heterocycles. The van der Waals surface area contributed by atoms with Crippen molar-refractivity contribution in [1.82, 2.24) is 20.0 Å². The van der Waals surface area contributed by atoms with Crippen LogP contribution in [0.3, 0.4) is 0 Å². The Morgan fingerprint density at radius 1 is 1.44 bits per heavy atom. The Labute approximate surface area is 147 Å². The number of ether oxygens (including phenoxy) is 1. The van der Waals surface area contributed by atoms with Crippen LogP contribution in [0.4, 0.5) is 5.82 Å². The van der Waals surface area contributed by atoms with E-state index in [-0.39, 0.29) is 11.4 Å². The number of rotatable bonds is 6. The zero-order valence-corrected chi connectivity index (χ0v) is 14.5. The first-order valence-electron chi connectivity index (χ1n) is 7.58. The highest BCUT2D eigenvalue weighted by Crippen LogP contribution is 2.33. The van der Waals surface area contributed by atoms with Crippen LogP contribution in [0, 0.1) is 5.92 Å². The summed E-state index contributed by atoms with van der Waals surface area (Å²) in [5.41, 5.74) is 8.69. The average molecular weight is 359 g/mol. The predicted octanol–water partition coefficient (Wildman–Crippen LogP) is 2.71. The highest BCUT2D eigenvalue weighted by atomic mass is 32.1. The monoisotopic (exact) mass is 359 g/mol. The number of aromatic carboxylic acids is 1. The van der Waals surface area contributed by atoms with Gasteiger partial charge < -0.3 is 15.6 Å². The van der Waals surface area contributed by atoms with Crippen LogP contribution in [0.2, 0.25) is 0 Å². The number of nitrogens with two attached hydrogens (primary N) is 1. The number of carboxylic acid groups (broad SMARTS) is 1. The zero-order valence-electron chi connectivity index (χ0n) is 13.7. The van der Waals surface area contributed by atoms with E-state index in [1.54, 1.807) is 11.6 Å². The van der Waals surface area contributed by atoms with E-state index < -0.39 is 5.97 Å². The molecule has 130 valence electrons. The number of benzene rings is 1. The highest BCUT2D eigenvalue weighted by Gasteiger charge is 2.16. The quantitative estimate of drug-likeness (QED) is 0.695. The molecule has 8 nitrogen and oxygen atoms in total. The first kappa shape index (κ1) is 16.9. The van der Waals surface area contributed by atoms with Crippen molar-refractivity contribution in [3.8, 4) is 22.0 Å². The van der Waals surface area contributed by atoms with Crippen LogP contribution in [0.25, 0.3) is 16.3 Å². The molecule has 3 rings (SSSR count). The third kappa shape index (κ3) is 3.61. The second kappa shape index (κ2) is 6.89. The average Bonchev–Trinajstić information content (AvgIpc) is 3.22. The van der Waals surface area contributed by atoms with Gasteiger partial charge in [0.25, 0.3) is 0 Å². The van der Waals surface area contributed by atoms with Gasteiger partial charge >= 0.3 is 5.97 Å². The molecule has 0 spiro atoms. The molecule has 3 aromatic rings. The standard InChI is InChI=1S/C16H17N5O3S/c1-9(2)7-24-13-4-3-10(5-11(13)15-19-18-8-25-15)21-6-12(16(22)23)14(17)20-21/h3-6,8-9H,7H2,1-2H3,(H2,17,20)(H,22,23). The summed E-state index contributed by atoms with van der Waals surface area (Å²) in [6.07, 6.45) is 1.38. The van der Waals surface area contributed by atoms with E-state index in [0.29, 0.717) is 29.0 Å². The Morgan fingerprint density at radius 2 is 2.24 bits per heavy atom. The van der Waals surface area contributed by atoms with E-state index in [2.05, 4.69) is 29.1 Å². The van der Waals surface area contributed by atoms with Crippen molar-refractivity contribution in [3.63, 3.8) is 0 Å². The van der Waals surface area contributed by atoms with E-state index in [1.165, 1.54) is 22.2 Å². The summed E-state index contributed by atoms with van der Waals surface area (Å²) in [7, 11) is 0. The first-order chi connectivity index (χ1) is 12.0. The molecule has 2 aromatic heterocycles. The minimum atomic E-state index is -1.12. The second-order valence-corrected chi connectivity index (χ2v) is 6.64. The third-order valence-electron chi connectivity index (χ3n) is 3.36. The van der Waals surface area contributed by atoms with Gasteiger partial charge in [0.15, 0.2) is 10.8 Å². The number of hydrogen-bond donors (Lipinski definition) is 2. The van der Waals surface area contributed by atoms with Gasteiger partial charge in [-0.05, 0) is 24.1 Å². The maximum Gasteiger partial charge on any atom is 0.341 e. The molecule has 0 bridgehead atoms. The fraction of sp³-hybridized carbons (Fsp3) is 0.250. The molecule has 0 atom stereocenters. The molecule has 1 aromatic carbocycles. The smallest absolute Gasteiger partial charge is 0.341 e. The lowest BCUT2D eigenvalue weighted by Crippen LogP contribution is -2.06. The Hall–Kier alpha value is -2.94. The molecule has 9 heteroatoms. The van der Waals surface area contributed by atoms with Crippen molar-refractivity contribution < 1.29 is 14.6 Å². The number of nitrogens with zero attached hydrogens (tertiary/aromatic N) is 4. The van der Waals surface area contributed by atoms with Crippen LogP contribution in [-0.4, -0.2) is 37.7 Å². The number of carbonyl (C=O) groups is 1. The number of anilines is 1. The molecule has 0 amide bonds. The van der Waals surface area contributed by atoms with Gasteiger partial charge in [-0.1, -0.05) is 25.2 Å². The number of aromatic nitrogens is 4. The summed E-state index contributed by atoms with van der Waals surface area (Å²) < 4.78 is 7.30. The summed E-state index contributed by atoms with van der Waals surface area (Å²) in [5, 5.41) is 21.9. The molecule has 0 aliphatic heterocycles. The Morgan fingerprint density at radius 3 is 2.84 bits per heavy atom. The number of nitrogen functional groups attached to an aromatic ring is 1. The van der Waals surface area contributed by atoms with Gasteiger partial charge in [0.1, 0.15) is 16.8 Å². The van der Waals surface area contributed by atoms with Crippen LogP contribution in [0.5, 0.6) is 5.75 Å². The lowest BCUT2D eigenvalue weighted by Gasteiger charge is -2.13. The van der Waals surface area contributed by atoms with E-state index in [4.69, 9.17) is 15.6 Å². The van der Waals surface area contributed by atoms with Crippen LogP contribution in [0.1, 0.15) is 24.2 Å². The van der Waals surface area contributed by atoms with E-state index in [0.717, 1.165) is 5.56 Å². The van der Waals surface area contributed by atoms with Crippen LogP contribution < -0.4 is 10.5 Å². The Kier molecular flexibility index (Phi) is 4.66. The van der Waals surface area contributed by atoms with Crippen molar-refractivity contribution in [2.45, 2.75) is 13.8 Å². The summed E-state index contributed by atoms with van der Waals surface area (Å²) in [5.74, 6) is -0.0890. The number of hydrogen-bond acceptors (Lipinski definition) is 7. The van der Waals surface area contributed by atoms with Crippen molar-refractivity contribution in [3.05, 3.63) is 35.5 Å². The lowest BCUT2D eigenvalue weighted by molar-refractivity contribution is 0.0698. The fourth-order valence-corrected chi connectivity index (χ4v) is 2.76. The molecule has 25 heavy (non-hydrogen) atoms. The highest BCUT2D eigenvalue weighted by molar-refractivity contribution is 7.12. The molecular weight excluding hydrogens is 342 g/mol. The largest absolute Gasteiger partial charge is 0.493 e. The van der Waals surface area contributed by atoms with Crippen molar-refractivity contribution in [1.29, 1.82) is 0 Å². The van der Waals surface area contributed by atoms with Gasteiger partial charge in [-0.2, -0.15) is 0 Å². The van der Waals surface area contributed by atoms with Crippen LogP contribution >= 0.6 is 11.3 Å². The fourth-order valence-electron chi connectivity index (χ4n) is 2.18. The molecular formula is C16H17N5O3S. The van der Waals surface area contributed by atoms with E-state index in [9.17, 15) is 4.79 Å². The van der Waals surface area contributed by atoms with Gasteiger partial charge in [-0.3, -0.25) is 0 Å². The summed E-state index contributed by atoms with van der Waals surface area (Å²) in [4.78, 5) is 11.2. The normalized spacial score (nSPS) is 11.0. The molecule has 0 aliphatic rings. The van der Waals surface area contributed by atoms with Gasteiger partial charge in [0.2, 0.25) is 0 Å². The van der Waals surface area contributed by atoms with Crippen molar-refractivity contribution in [2.75, 3.05) is 12.3 Å². The van der Waals surface area contributed by atoms with E-state index >= 15 is 0 Å². The molecule has 0 fully saturated rings. The molecule has 0 saturated carbocycles. The van der Waals surface area contributed by atoms with Gasteiger partial charge in [-0.15, -0.1) is 15.3 Å². The Bertz CT molecular complexity index is 889. The molecule has 0 unspecified atom stereocenters. The van der Waals surface area contributed by atoms with Crippen molar-refractivity contribution >= 4 is 23.1 Å². The predicted molar refractivity (Wildman–Crippen MR) is 94.2 cm³/mol. The maximum atomic E-state index is 11.2. The SMILES string of the molecule is CC(C)COc1ccc(-n2cc(C(=O)O)c(N)n2)cc1-c1nncs1. The minimum absolute atomic E-state index is 0.0369. The van der Waals surface area contributed by atoms with Gasteiger partial charge in [-0.25, -0.2) is 9.48 Å². The van der Waals surface area contributed by atoms with Gasteiger partial charge in [0, 0.05) is 6.20 Å². The summed E-state index contributed by atoms with van der Waals surface area (Å²) >= 11 is 1.39. The summed E-state index contributed by atoms with van der Waals surface area (Å²) in [6.45, 7) is 4.71. The molecule has 2 heterocycles. The molecule has 0 aliphatic carbocycles. The minimum Gasteiger partial charge on any atom is -0.493 e. The van der Waals surface area contributed by atoms with Crippen LogP contribution in [0.15, 0.2) is 29.9 Å². The van der Waals surface area contributed by atoms with Gasteiger partial charge in [0.05, 0.1) is 17.9 Å². The lowest BCUT2D eigenvalue weighted by atomic mass is 10.1. The maximum absolute atomic E-state index is 11.2. The third-order valence-corrected chi connectivity index (χ3v) is 4.09. The summed E-state index contributed by atoms with van der Waals surface area (Å²) in [6, 6.07) is 5.43. The van der Waals surface area contributed by atoms with E-state index in [1.807, 2.05) is 12.1 Å². The Balaban J connectivity index is 2.03. The second-order valence-electron chi connectivity index (χ2n) is 5.81. The molecule has 0 radical (unpaired) electrons. The first-order valence-corrected chi connectivity index (χ1v) is 8.46. The number of carboxylic acids is 1.